The third kappa shape index (κ3) is 4.00. The molecule has 0 aromatic carbocycles. The van der Waals surface area contributed by atoms with Crippen molar-refractivity contribution in [2.24, 2.45) is 0 Å². The molecule has 128 valence electrons. The number of hydrogen-bond donors (Lipinski definition) is 0. The Balaban J connectivity index is 1.50. The first-order chi connectivity index (χ1) is 11.7. The highest BCUT2D eigenvalue weighted by molar-refractivity contribution is 7.12. The number of thiazole rings is 1. The first-order valence-electron chi connectivity index (χ1n) is 7.84. The van der Waals surface area contributed by atoms with E-state index in [2.05, 4.69) is 9.88 Å². The van der Waals surface area contributed by atoms with Gasteiger partial charge in [-0.3, -0.25) is 9.69 Å². The monoisotopic (exact) mass is 365 g/mol. The van der Waals surface area contributed by atoms with Gasteiger partial charge in [0, 0.05) is 38.1 Å². The molecule has 1 aliphatic rings. The van der Waals surface area contributed by atoms with Crippen LogP contribution in [0.25, 0.3) is 0 Å². The Morgan fingerprint density at radius 2 is 2.04 bits per heavy atom. The Labute approximate surface area is 148 Å². The number of esters is 1. The highest BCUT2D eigenvalue weighted by atomic mass is 32.1. The largest absolute Gasteiger partial charge is 0.461 e. The molecule has 0 N–H and O–H groups in total. The van der Waals surface area contributed by atoms with Gasteiger partial charge in [-0.1, -0.05) is 6.07 Å². The smallest absolute Gasteiger partial charge is 0.367 e. The van der Waals surface area contributed by atoms with E-state index in [1.165, 1.54) is 22.7 Å². The van der Waals surface area contributed by atoms with Crippen LogP contribution in [-0.4, -0.2) is 59.4 Å². The molecule has 6 nitrogen and oxygen atoms in total. The van der Waals surface area contributed by atoms with Crippen LogP contribution in [0.2, 0.25) is 0 Å². The van der Waals surface area contributed by atoms with Crippen LogP contribution < -0.4 is 0 Å². The van der Waals surface area contributed by atoms with Crippen LogP contribution in [0.5, 0.6) is 0 Å². The van der Waals surface area contributed by atoms with Gasteiger partial charge in [-0.15, -0.1) is 22.7 Å². The van der Waals surface area contributed by atoms with E-state index in [0.717, 1.165) is 23.7 Å². The zero-order chi connectivity index (χ0) is 16.9. The van der Waals surface area contributed by atoms with Crippen molar-refractivity contribution in [3.63, 3.8) is 0 Å². The molecule has 3 rings (SSSR count). The van der Waals surface area contributed by atoms with Gasteiger partial charge in [-0.25, -0.2) is 9.78 Å². The molecule has 2 aromatic heterocycles. The van der Waals surface area contributed by atoms with Crippen molar-refractivity contribution in [2.45, 2.75) is 13.5 Å². The summed E-state index contributed by atoms with van der Waals surface area (Å²) < 4.78 is 4.96. The molecule has 0 spiro atoms. The van der Waals surface area contributed by atoms with E-state index in [0.29, 0.717) is 31.2 Å². The van der Waals surface area contributed by atoms with Gasteiger partial charge in [0.1, 0.15) is 0 Å². The number of piperazine rings is 1. The summed E-state index contributed by atoms with van der Waals surface area (Å²) in [4.78, 5) is 33.3. The van der Waals surface area contributed by atoms with Crippen LogP contribution in [0.1, 0.15) is 32.1 Å². The summed E-state index contributed by atoms with van der Waals surface area (Å²) in [5.74, 6) is -0.247. The molecule has 3 heterocycles. The second-order valence-corrected chi connectivity index (χ2v) is 7.22. The zero-order valence-corrected chi connectivity index (χ0v) is 15.1. The molecule has 0 aliphatic carbocycles. The molecule has 1 amide bonds. The lowest BCUT2D eigenvalue weighted by Gasteiger charge is -2.34. The summed E-state index contributed by atoms with van der Waals surface area (Å²) in [5, 5.41) is 4.22. The molecule has 8 heteroatoms. The normalized spacial score (nSPS) is 15.5. The molecule has 2 aromatic rings. The predicted molar refractivity (Wildman–Crippen MR) is 93.6 cm³/mol. The minimum Gasteiger partial charge on any atom is -0.461 e. The van der Waals surface area contributed by atoms with Gasteiger partial charge in [0.05, 0.1) is 17.2 Å². The number of rotatable bonds is 5. The lowest BCUT2D eigenvalue weighted by molar-refractivity contribution is 0.0523. The van der Waals surface area contributed by atoms with Gasteiger partial charge < -0.3 is 9.64 Å². The van der Waals surface area contributed by atoms with Crippen molar-refractivity contribution in [2.75, 3.05) is 32.8 Å². The van der Waals surface area contributed by atoms with Gasteiger partial charge in [-0.2, -0.15) is 0 Å². The summed E-state index contributed by atoms with van der Waals surface area (Å²) in [5.41, 5.74) is 0.876. The van der Waals surface area contributed by atoms with Gasteiger partial charge in [0.2, 0.25) is 5.01 Å². The summed E-state index contributed by atoms with van der Waals surface area (Å²) in [7, 11) is 0. The molecule has 0 radical (unpaired) electrons. The fourth-order valence-corrected chi connectivity index (χ4v) is 3.95. The summed E-state index contributed by atoms with van der Waals surface area (Å²) in [6.07, 6.45) is 0. The maximum Gasteiger partial charge on any atom is 0.367 e. The maximum atomic E-state index is 12.3. The van der Waals surface area contributed by atoms with Crippen molar-refractivity contribution in [3.05, 3.63) is 38.5 Å². The topological polar surface area (TPSA) is 62.7 Å². The quantitative estimate of drug-likeness (QED) is 0.761. The number of carbonyl (C=O) groups excluding carboxylic acids is 2. The first kappa shape index (κ1) is 17.1. The lowest BCUT2D eigenvalue weighted by atomic mass is 10.2. The first-order valence-corrected chi connectivity index (χ1v) is 9.60. The third-order valence-corrected chi connectivity index (χ3v) is 5.51. The number of amides is 1. The predicted octanol–water partition coefficient (Wildman–Crippen LogP) is 2.34. The van der Waals surface area contributed by atoms with E-state index in [1.54, 1.807) is 6.92 Å². The van der Waals surface area contributed by atoms with Crippen LogP contribution in [0, 0.1) is 0 Å². The van der Waals surface area contributed by atoms with E-state index in [4.69, 9.17) is 4.74 Å². The number of hydrogen-bond acceptors (Lipinski definition) is 7. The molecular formula is C16H19N3O3S2. The number of ether oxygens (including phenoxy) is 1. The Bertz CT molecular complexity index is 691. The molecule has 1 aliphatic heterocycles. The zero-order valence-electron chi connectivity index (χ0n) is 13.4. The lowest BCUT2D eigenvalue weighted by Crippen LogP contribution is -2.48. The molecule has 0 saturated carbocycles. The Kier molecular flexibility index (Phi) is 5.60. The molecule has 1 saturated heterocycles. The van der Waals surface area contributed by atoms with Crippen molar-refractivity contribution in [1.29, 1.82) is 0 Å². The molecular weight excluding hydrogens is 346 g/mol. The molecule has 24 heavy (non-hydrogen) atoms. The second kappa shape index (κ2) is 7.87. The highest BCUT2D eigenvalue weighted by Crippen LogP contribution is 2.16. The summed E-state index contributed by atoms with van der Waals surface area (Å²) in [6, 6.07) is 3.77. The maximum absolute atomic E-state index is 12.3. The summed E-state index contributed by atoms with van der Waals surface area (Å²) in [6.45, 7) is 5.87. The van der Waals surface area contributed by atoms with Crippen molar-refractivity contribution < 1.29 is 14.3 Å². The van der Waals surface area contributed by atoms with Crippen molar-refractivity contribution >= 4 is 34.6 Å². The fourth-order valence-electron chi connectivity index (χ4n) is 2.56. The Morgan fingerprint density at radius 3 is 2.71 bits per heavy atom. The van der Waals surface area contributed by atoms with E-state index in [-0.39, 0.29) is 11.9 Å². The van der Waals surface area contributed by atoms with Crippen molar-refractivity contribution in [1.82, 2.24) is 14.8 Å². The van der Waals surface area contributed by atoms with E-state index in [1.807, 2.05) is 27.8 Å². The minimum atomic E-state index is -0.361. The molecule has 1 fully saturated rings. The molecule has 0 unspecified atom stereocenters. The van der Waals surface area contributed by atoms with Gasteiger partial charge in [-0.05, 0) is 18.4 Å². The van der Waals surface area contributed by atoms with Crippen LogP contribution >= 0.6 is 22.7 Å². The standard InChI is InChI=1S/C16H19N3O3S2/c1-2-22-16(21)14-17-12(11-24-14)10-18-5-7-19(8-6-18)15(20)13-4-3-9-23-13/h3-4,9,11H,2,5-8,10H2,1H3. The van der Waals surface area contributed by atoms with E-state index in [9.17, 15) is 9.59 Å². The third-order valence-electron chi connectivity index (χ3n) is 3.78. The Morgan fingerprint density at radius 1 is 1.25 bits per heavy atom. The van der Waals surface area contributed by atoms with Crippen LogP contribution in [-0.2, 0) is 11.3 Å². The number of aromatic nitrogens is 1. The van der Waals surface area contributed by atoms with Crippen molar-refractivity contribution in [3.8, 4) is 0 Å². The number of carbonyl (C=O) groups is 2. The fraction of sp³-hybridized carbons (Fsp3) is 0.438. The second-order valence-electron chi connectivity index (χ2n) is 5.41. The Hall–Kier alpha value is -1.77. The number of thiophene rings is 1. The van der Waals surface area contributed by atoms with E-state index >= 15 is 0 Å². The summed E-state index contributed by atoms with van der Waals surface area (Å²) >= 11 is 2.79. The minimum absolute atomic E-state index is 0.114. The average molecular weight is 365 g/mol. The molecule has 0 atom stereocenters. The van der Waals surface area contributed by atoms with Crippen LogP contribution in [0.4, 0.5) is 0 Å². The van der Waals surface area contributed by atoms with Gasteiger partial charge in [0.15, 0.2) is 0 Å². The van der Waals surface area contributed by atoms with E-state index < -0.39 is 0 Å². The number of nitrogens with zero attached hydrogens (tertiary/aromatic N) is 3. The SMILES string of the molecule is CCOC(=O)c1nc(CN2CCN(C(=O)c3cccs3)CC2)cs1. The van der Waals surface area contributed by atoms with Gasteiger partial charge in [0.25, 0.3) is 5.91 Å². The van der Waals surface area contributed by atoms with Gasteiger partial charge >= 0.3 is 5.97 Å². The molecule has 0 bridgehead atoms. The highest BCUT2D eigenvalue weighted by Gasteiger charge is 2.23. The van der Waals surface area contributed by atoms with Crippen LogP contribution in [0.3, 0.4) is 0 Å². The van der Waals surface area contributed by atoms with Crippen LogP contribution in [0.15, 0.2) is 22.9 Å². The average Bonchev–Trinajstić information content (AvgIpc) is 3.27.